The van der Waals surface area contributed by atoms with Crippen LogP contribution in [0.4, 0.5) is 0 Å². The molecule has 2 atom stereocenters. The van der Waals surface area contributed by atoms with Crippen LogP contribution in [0.2, 0.25) is 5.02 Å². The van der Waals surface area contributed by atoms with E-state index in [1.165, 1.54) is 6.92 Å². The Labute approximate surface area is 204 Å². The first-order valence-corrected chi connectivity index (χ1v) is 11.1. The molecule has 1 aliphatic heterocycles. The molecule has 0 spiro atoms. The highest BCUT2D eigenvalue weighted by atomic mass is 35.5. The first-order chi connectivity index (χ1) is 16.3. The number of carbonyl (C=O) groups is 2. The highest BCUT2D eigenvalue weighted by Gasteiger charge is 2.38. The largest absolute Gasteiger partial charge is 0.458 e. The number of ether oxygens (including phenoxy) is 2. The van der Waals surface area contributed by atoms with Crippen molar-refractivity contribution in [1.82, 2.24) is 5.32 Å². The quantitative estimate of drug-likeness (QED) is 0.546. The van der Waals surface area contributed by atoms with Crippen LogP contribution in [0.15, 0.2) is 83.2 Å². The lowest BCUT2D eigenvalue weighted by atomic mass is 9.80. The second-order valence-electron chi connectivity index (χ2n) is 7.78. The molecule has 0 saturated carbocycles. The number of hydrogen-bond acceptors (Lipinski definition) is 6. The molecule has 34 heavy (non-hydrogen) atoms. The summed E-state index contributed by atoms with van der Waals surface area (Å²) in [6.45, 7) is 5.01. The zero-order valence-electron chi connectivity index (χ0n) is 19.2. The summed E-state index contributed by atoms with van der Waals surface area (Å²) in [6.07, 6.45) is 2.66. The van der Waals surface area contributed by atoms with E-state index in [1.807, 2.05) is 42.5 Å². The molecule has 1 N–H and O–H groups in total. The Morgan fingerprint density at radius 3 is 2.41 bits per heavy atom. The van der Waals surface area contributed by atoms with Crippen molar-refractivity contribution in [2.45, 2.75) is 32.8 Å². The van der Waals surface area contributed by atoms with Crippen molar-refractivity contribution < 1.29 is 19.1 Å². The van der Waals surface area contributed by atoms with Crippen molar-refractivity contribution >= 4 is 29.6 Å². The molecule has 0 bridgehead atoms. The molecule has 0 amide bonds. The molecule has 0 radical (unpaired) electrons. The summed E-state index contributed by atoms with van der Waals surface area (Å²) in [7, 11) is 0. The SMILES string of the molecule is CC1=C(C(=O)OC/C=C/c2ccccc2)C(c2cccc(Cl)c2)C(C(=O)OC(C)C#N)=C(C)N1. The Morgan fingerprint density at radius 2 is 1.76 bits per heavy atom. The molecular formula is C27H25ClN2O4. The minimum atomic E-state index is -0.946. The summed E-state index contributed by atoms with van der Waals surface area (Å²) in [4.78, 5) is 26.3. The number of nitrogens with one attached hydrogen (secondary N) is 1. The van der Waals surface area contributed by atoms with E-state index in [2.05, 4.69) is 5.32 Å². The van der Waals surface area contributed by atoms with E-state index in [4.69, 9.17) is 26.3 Å². The molecule has 174 valence electrons. The predicted molar refractivity (Wildman–Crippen MR) is 130 cm³/mol. The molecule has 0 aliphatic carbocycles. The third-order valence-corrected chi connectivity index (χ3v) is 5.50. The van der Waals surface area contributed by atoms with Crippen LogP contribution in [0, 0.1) is 11.3 Å². The maximum Gasteiger partial charge on any atom is 0.338 e. The number of nitrogens with zero attached hydrogens (tertiary/aromatic N) is 1. The van der Waals surface area contributed by atoms with E-state index >= 15 is 0 Å². The monoisotopic (exact) mass is 476 g/mol. The normalized spacial score (nSPS) is 16.6. The topological polar surface area (TPSA) is 88.4 Å². The standard InChI is InChI=1S/C27H25ClN2O4/c1-17(16-29)34-27(32)24-19(3)30-18(2)23(25(24)21-12-7-13-22(28)15-21)26(31)33-14-8-11-20-9-5-4-6-10-20/h4-13,15,17,25,30H,14H2,1-3H3/b11-8+. The van der Waals surface area contributed by atoms with Crippen LogP contribution >= 0.6 is 11.6 Å². The summed E-state index contributed by atoms with van der Waals surface area (Å²) in [6, 6.07) is 18.5. The average Bonchev–Trinajstić information content (AvgIpc) is 2.81. The second kappa shape index (κ2) is 11.4. The van der Waals surface area contributed by atoms with Gasteiger partial charge < -0.3 is 14.8 Å². The number of halogens is 1. The Kier molecular flexibility index (Phi) is 8.29. The Bertz CT molecular complexity index is 1210. The Hall–Kier alpha value is -3.82. The van der Waals surface area contributed by atoms with Crippen molar-refractivity contribution in [3.63, 3.8) is 0 Å². The maximum atomic E-state index is 13.2. The molecule has 0 saturated heterocycles. The third kappa shape index (κ3) is 5.94. The van der Waals surface area contributed by atoms with Crippen LogP contribution in [-0.2, 0) is 19.1 Å². The molecule has 1 heterocycles. The van der Waals surface area contributed by atoms with Crippen LogP contribution < -0.4 is 5.32 Å². The summed E-state index contributed by atoms with van der Waals surface area (Å²) in [5.41, 5.74) is 3.21. The summed E-state index contributed by atoms with van der Waals surface area (Å²) < 4.78 is 10.8. The van der Waals surface area contributed by atoms with Gasteiger partial charge in [-0.3, -0.25) is 0 Å². The molecule has 7 heteroatoms. The molecule has 3 rings (SSSR count). The van der Waals surface area contributed by atoms with Gasteiger partial charge in [-0.05, 0) is 50.1 Å². The molecule has 2 aromatic carbocycles. The van der Waals surface area contributed by atoms with Crippen LogP contribution in [-0.4, -0.2) is 24.6 Å². The van der Waals surface area contributed by atoms with Crippen molar-refractivity contribution in [2.75, 3.05) is 6.61 Å². The fourth-order valence-electron chi connectivity index (χ4n) is 3.75. The maximum absolute atomic E-state index is 13.2. The van der Waals surface area contributed by atoms with E-state index in [9.17, 15) is 9.59 Å². The zero-order chi connectivity index (χ0) is 24.7. The minimum Gasteiger partial charge on any atom is -0.458 e. The van der Waals surface area contributed by atoms with E-state index in [0.29, 0.717) is 22.0 Å². The number of carbonyl (C=O) groups excluding carboxylic acids is 2. The fourth-order valence-corrected chi connectivity index (χ4v) is 3.95. The van der Waals surface area contributed by atoms with Gasteiger partial charge in [-0.1, -0.05) is 60.1 Å². The lowest BCUT2D eigenvalue weighted by molar-refractivity contribution is -0.141. The highest BCUT2D eigenvalue weighted by Crippen LogP contribution is 2.40. The number of benzene rings is 2. The van der Waals surface area contributed by atoms with E-state index in [1.54, 1.807) is 44.2 Å². The van der Waals surface area contributed by atoms with Gasteiger partial charge in [-0.15, -0.1) is 0 Å². The van der Waals surface area contributed by atoms with Crippen LogP contribution in [0.25, 0.3) is 6.08 Å². The van der Waals surface area contributed by atoms with E-state index in [-0.39, 0.29) is 17.8 Å². The van der Waals surface area contributed by atoms with E-state index < -0.39 is 24.0 Å². The number of hydrogen-bond donors (Lipinski definition) is 1. The minimum absolute atomic E-state index is 0.0563. The van der Waals surface area contributed by atoms with Gasteiger partial charge in [0.25, 0.3) is 0 Å². The van der Waals surface area contributed by atoms with Gasteiger partial charge in [0.15, 0.2) is 6.10 Å². The lowest BCUT2D eigenvalue weighted by Gasteiger charge is -2.30. The molecular weight excluding hydrogens is 452 g/mol. The Morgan fingerprint density at radius 1 is 1.09 bits per heavy atom. The Balaban J connectivity index is 1.92. The summed E-state index contributed by atoms with van der Waals surface area (Å²) in [5, 5.41) is 12.6. The fraction of sp³-hybridized carbons (Fsp3) is 0.222. The molecule has 0 aromatic heterocycles. The van der Waals surface area contributed by atoms with Crippen molar-refractivity contribution in [2.24, 2.45) is 0 Å². The predicted octanol–water partition coefficient (Wildman–Crippen LogP) is 5.29. The van der Waals surface area contributed by atoms with Gasteiger partial charge in [0, 0.05) is 16.4 Å². The smallest absolute Gasteiger partial charge is 0.338 e. The first-order valence-electron chi connectivity index (χ1n) is 10.7. The molecule has 2 unspecified atom stereocenters. The van der Waals surface area contributed by atoms with Gasteiger partial charge in [-0.2, -0.15) is 5.26 Å². The first kappa shape index (κ1) is 24.8. The number of dihydropyridines is 1. The van der Waals surface area contributed by atoms with E-state index in [0.717, 1.165) is 5.56 Å². The third-order valence-electron chi connectivity index (χ3n) is 5.27. The molecule has 1 aliphatic rings. The van der Waals surface area contributed by atoms with Crippen molar-refractivity contribution in [3.8, 4) is 6.07 Å². The van der Waals surface area contributed by atoms with Gasteiger partial charge in [-0.25, -0.2) is 9.59 Å². The lowest BCUT2D eigenvalue weighted by Crippen LogP contribution is -2.33. The number of esters is 2. The number of allylic oxidation sites excluding steroid dienone is 2. The van der Waals surface area contributed by atoms with Crippen molar-refractivity contribution in [3.05, 3.63) is 99.4 Å². The highest BCUT2D eigenvalue weighted by molar-refractivity contribution is 6.30. The summed E-state index contributed by atoms with van der Waals surface area (Å²) >= 11 is 6.23. The number of rotatable bonds is 7. The van der Waals surface area contributed by atoms with Crippen molar-refractivity contribution in [1.29, 1.82) is 5.26 Å². The van der Waals surface area contributed by atoms with Gasteiger partial charge in [0.2, 0.25) is 0 Å². The molecule has 2 aromatic rings. The van der Waals surface area contributed by atoms with Gasteiger partial charge in [0.05, 0.1) is 17.1 Å². The van der Waals surface area contributed by atoms with Crippen LogP contribution in [0.1, 0.15) is 37.8 Å². The molecule has 0 fully saturated rings. The summed E-state index contributed by atoms with van der Waals surface area (Å²) in [5.74, 6) is -2.03. The zero-order valence-corrected chi connectivity index (χ0v) is 19.9. The van der Waals surface area contributed by atoms with Crippen LogP contribution in [0.5, 0.6) is 0 Å². The van der Waals surface area contributed by atoms with Gasteiger partial charge >= 0.3 is 11.9 Å². The van der Waals surface area contributed by atoms with Gasteiger partial charge in [0.1, 0.15) is 12.7 Å². The molecule has 6 nitrogen and oxygen atoms in total. The second-order valence-corrected chi connectivity index (χ2v) is 8.21. The van der Waals surface area contributed by atoms with Crippen LogP contribution in [0.3, 0.4) is 0 Å². The average molecular weight is 477 g/mol. The number of nitriles is 1.